The first-order chi connectivity index (χ1) is 19.3. The van der Waals surface area contributed by atoms with E-state index >= 15 is 8.78 Å². The number of hydrogen-bond acceptors (Lipinski definition) is 8. The number of halogens is 3. The maximum Gasteiger partial charge on any atom is 0.349 e. The molecule has 220 valence electrons. The highest BCUT2D eigenvalue weighted by Crippen LogP contribution is 2.72. The number of ketones is 1. The van der Waals surface area contributed by atoms with Gasteiger partial charge in [0.15, 0.2) is 17.1 Å². The molecule has 0 aromatic carbocycles. The topological polar surface area (TPSA) is 101 Å². The summed E-state index contributed by atoms with van der Waals surface area (Å²) in [5.74, 6) is 1.72. The Balaban J connectivity index is 1.61. The lowest BCUT2D eigenvalue weighted by Crippen LogP contribution is -2.70. The lowest BCUT2D eigenvalue weighted by atomic mass is 9.44. The highest BCUT2D eigenvalue weighted by atomic mass is 35.5. The lowest BCUT2D eigenvalue weighted by molar-refractivity contribution is -0.221. The van der Waals surface area contributed by atoms with Crippen LogP contribution in [-0.2, 0) is 14.3 Å². The van der Waals surface area contributed by atoms with Gasteiger partial charge in [-0.3, -0.25) is 9.59 Å². The number of thioether (sulfide) groups is 1. The molecule has 11 heteroatoms. The predicted molar refractivity (Wildman–Crippen MR) is 153 cm³/mol. The van der Waals surface area contributed by atoms with Crippen LogP contribution in [0, 0.1) is 40.4 Å². The van der Waals surface area contributed by atoms with Gasteiger partial charge in [0.1, 0.15) is 17.7 Å². The van der Waals surface area contributed by atoms with Crippen molar-refractivity contribution in [3.8, 4) is 11.8 Å². The van der Waals surface area contributed by atoms with E-state index in [1.165, 1.54) is 25.1 Å². The van der Waals surface area contributed by atoms with Crippen LogP contribution in [0.3, 0.4) is 0 Å². The Morgan fingerprint density at radius 1 is 1.24 bits per heavy atom. The van der Waals surface area contributed by atoms with Crippen LogP contribution in [0.4, 0.5) is 8.78 Å². The second-order valence-corrected chi connectivity index (χ2v) is 14.5. The molecule has 6 nitrogen and oxygen atoms in total. The maximum atomic E-state index is 17.6. The average molecular weight is 625 g/mol. The van der Waals surface area contributed by atoms with E-state index in [0.717, 1.165) is 29.2 Å². The van der Waals surface area contributed by atoms with E-state index in [2.05, 4.69) is 11.8 Å². The smallest absolute Gasteiger partial charge is 0.349 e. The normalized spacial score (nSPS) is 40.9. The Kier molecular flexibility index (Phi) is 7.87. The molecule has 4 aliphatic rings. The second kappa shape index (κ2) is 10.6. The average Bonchev–Trinajstić information content (AvgIpc) is 3.44. The zero-order valence-electron chi connectivity index (χ0n) is 22.8. The molecule has 1 aromatic heterocycles. The molecule has 1 heterocycles. The van der Waals surface area contributed by atoms with Crippen molar-refractivity contribution in [2.24, 2.45) is 28.6 Å². The van der Waals surface area contributed by atoms with Gasteiger partial charge in [0.25, 0.3) is 0 Å². The first-order valence-corrected chi connectivity index (χ1v) is 15.6. The predicted octanol–water partition coefficient (Wildman–Crippen LogP) is 5.12. The van der Waals surface area contributed by atoms with Crippen LogP contribution in [0.5, 0.6) is 0 Å². The fraction of sp³-hybridized carbons (Fsp3) is 0.567. The van der Waals surface area contributed by atoms with Crippen molar-refractivity contribution in [1.82, 2.24) is 0 Å². The first-order valence-electron chi connectivity index (χ1n) is 13.4. The number of aliphatic hydroxyl groups is 2. The number of hydrogen-bond donors (Lipinski definition) is 2. The third-order valence-electron chi connectivity index (χ3n) is 9.98. The second-order valence-electron chi connectivity index (χ2n) is 11.8. The molecule has 0 spiro atoms. The standard InChI is InChI=1S/C30H31ClF2O6S2/c1-16-12-18-19-14-21(32)20-13-17(35)8-9-27(20,2)29(19,33)23(36)15-28(18,3)30(16,26(38)40-11-5-4-10-34)39-25(37)22-6-7-24(31)41-22/h6-9,13,16,18-19,21,23,34,36H,10-12,14-15H2,1-3H3/t16-,18+,19+,21+,23+,27+,28+,29+,30+/m1/s1. The number of carbonyl (C=O) groups is 3. The summed E-state index contributed by atoms with van der Waals surface area (Å²) in [4.78, 5) is 39.9. The van der Waals surface area contributed by atoms with Crippen molar-refractivity contribution in [2.75, 3.05) is 12.4 Å². The Labute approximate surface area is 250 Å². The minimum atomic E-state index is -2.33. The highest BCUT2D eigenvalue weighted by molar-refractivity contribution is 8.14. The van der Waals surface area contributed by atoms with Crippen LogP contribution in [-0.4, -0.2) is 63.0 Å². The number of rotatable bonds is 4. The van der Waals surface area contributed by atoms with Crippen LogP contribution >= 0.6 is 34.7 Å². The Bertz CT molecular complexity index is 1410. The fourth-order valence-electron chi connectivity index (χ4n) is 8.15. The van der Waals surface area contributed by atoms with Gasteiger partial charge in [-0.15, -0.1) is 11.3 Å². The van der Waals surface area contributed by atoms with E-state index in [4.69, 9.17) is 21.4 Å². The van der Waals surface area contributed by atoms with Gasteiger partial charge >= 0.3 is 5.97 Å². The van der Waals surface area contributed by atoms with Gasteiger partial charge in [-0.25, -0.2) is 13.6 Å². The zero-order chi connectivity index (χ0) is 30.0. The Hall–Kier alpha value is -2.03. The Morgan fingerprint density at radius 3 is 2.63 bits per heavy atom. The number of ether oxygens (including phenoxy) is 1. The van der Waals surface area contributed by atoms with E-state index in [1.54, 1.807) is 19.9 Å². The number of thiophene rings is 1. The zero-order valence-corrected chi connectivity index (χ0v) is 25.2. The van der Waals surface area contributed by atoms with Gasteiger partial charge < -0.3 is 14.9 Å². The molecule has 3 fully saturated rings. The Morgan fingerprint density at radius 2 is 1.98 bits per heavy atom. The molecular weight excluding hydrogens is 594 g/mol. The summed E-state index contributed by atoms with van der Waals surface area (Å²) < 4.78 is 39.9. The van der Waals surface area contributed by atoms with Gasteiger partial charge in [-0.1, -0.05) is 55.1 Å². The lowest BCUT2D eigenvalue weighted by Gasteiger charge is -2.63. The molecule has 0 bridgehead atoms. The van der Waals surface area contributed by atoms with Crippen molar-refractivity contribution >= 4 is 51.6 Å². The summed E-state index contributed by atoms with van der Waals surface area (Å²) >= 11 is 7.87. The molecule has 0 amide bonds. The summed E-state index contributed by atoms with van der Waals surface area (Å²) in [5, 5.41) is 20.2. The van der Waals surface area contributed by atoms with Crippen molar-refractivity contribution in [3.05, 3.63) is 45.1 Å². The minimum absolute atomic E-state index is 0.0128. The molecule has 0 saturated heterocycles. The molecular formula is C30H31ClF2O6S2. The monoisotopic (exact) mass is 624 g/mol. The van der Waals surface area contributed by atoms with E-state index in [1.807, 2.05) is 0 Å². The van der Waals surface area contributed by atoms with E-state index in [-0.39, 0.29) is 42.1 Å². The maximum absolute atomic E-state index is 17.6. The molecule has 3 saturated carbocycles. The molecule has 2 N–H and O–H groups in total. The van der Waals surface area contributed by atoms with Crippen molar-refractivity contribution in [1.29, 1.82) is 0 Å². The molecule has 4 aliphatic carbocycles. The fourth-order valence-corrected chi connectivity index (χ4v) is 10.1. The molecule has 0 unspecified atom stereocenters. The molecule has 41 heavy (non-hydrogen) atoms. The quantitative estimate of drug-likeness (QED) is 0.354. The number of fused-ring (bicyclic) bond motifs is 5. The number of carbonyl (C=O) groups excluding carboxylic acids is 3. The molecule has 5 rings (SSSR count). The molecule has 0 aliphatic heterocycles. The number of alkyl halides is 2. The first kappa shape index (κ1) is 30.4. The number of esters is 1. The number of allylic oxidation sites excluding steroid dienone is 4. The third-order valence-corrected chi connectivity index (χ3v) is 12.0. The summed E-state index contributed by atoms with van der Waals surface area (Å²) in [5.41, 5.74) is -6.93. The van der Waals surface area contributed by atoms with Crippen LogP contribution in [0.15, 0.2) is 35.9 Å². The van der Waals surface area contributed by atoms with Gasteiger partial charge in [-0.2, -0.15) is 0 Å². The van der Waals surface area contributed by atoms with E-state index < -0.39 is 69.0 Å². The molecule has 9 atom stereocenters. The summed E-state index contributed by atoms with van der Waals surface area (Å²) in [7, 11) is 0. The highest BCUT2D eigenvalue weighted by Gasteiger charge is 2.78. The van der Waals surface area contributed by atoms with Gasteiger partial charge in [0.05, 0.1) is 16.2 Å². The summed E-state index contributed by atoms with van der Waals surface area (Å²) in [6.07, 6.45) is 0.159. The minimum Gasteiger partial charge on any atom is -0.445 e. The van der Waals surface area contributed by atoms with Crippen molar-refractivity contribution in [3.63, 3.8) is 0 Å². The summed E-state index contributed by atoms with van der Waals surface area (Å²) in [6.45, 7) is 4.61. The largest absolute Gasteiger partial charge is 0.445 e. The van der Waals surface area contributed by atoms with Gasteiger partial charge in [0, 0.05) is 22.7 Å². The van der Waals surface area contributed by atoms with E-state index in [9.17, 15) is 19.5 Å². The van der Waals surface area contributed by atoms with Crippen LogP contribution in [0.25, 0.3) is 0 Å². The number of aliphatic hydroxyl groups excluding tert-OH is 2. The van der Waals surface area contributed by atoms with Gasteiger partial charge in [0.2, 0.25) is 5.12 Å². The molecule has 0 radical (unpaired) electrons. The third kappa shape index (κ3) is 4.29. The van der Waals surface area contributed by atoms with Gasteiger partial charge in [-0.05, 0) is 62.0 Å². The SMILES string of the molecule is C[C@@H]1C[C@H]2[C@@H]3C[C@H](F)C4=CC(=O)C=C[C@]4(C)[C@@]3(F)[C@@H](O)C[C@]2(C)[C@@]1(OC(=O)c1ccc(Cl)s1)C(=O)SCC#CCO. The summed E-state index contributed by atoms with van der Waals surface area (Å²) in [6, 6.07) is 3.04. The van der Waals surface area contributed by atoms with E-state index in [0.29, 0.717) is 4.34 Å². The van der Waals surface area contributed by atoms with Crippen LogP contribution in [0.1, 0.15) is 49.7 Å². The molecule has 1 aromatic rings. The van der Waals surface area contributed by atoms with Crippen LogP contribution < -0.4 is 0 Å². The van der Waals surface area contributed by atoms with Crippen LogP contribution in [0.2, 0.25) is 4.34 Å². The van der Waals surface area contributed by atoms with Crippen molar-refractivity contribution in [2.45, 2.75) is 63.6 Å². The van der Waals surface area contributed by atoms with Crippen molar-refractivity contribution < 1.29 is 38.1 Å².